The van der Waals surface area contributed by atoms with Crippen LogP contribution in [0.2, 0.25) is 0 Å². The summed E-state index contributed by atoms with van der Waals surface area (Å²) in [6, 6.07) is 4.46. The quantitative estimate of drug-likeness (QED) is 0.407. The van der Waals surface area contributed by atoms with Gasteiger partial charge in [0.15, 0.2) is 11.3 Å². The van der Waals surface area contributed by atoms with Crippen molar-refractivity contribution in [3.05, 3.63) is 34.2 Å². The first-order valence-corrected chi connectivity index (χ1v) is 8.29. The Balaban J connectivity index is 2.30. The van der Waals surface area contributed by atoms with Gasteiger partial charge in [-0.15, -0.1) is 0 Å². The van der Waals surface area contributed by atoms with Gasteiger partial charge in [0, 0.05) is 0 Å². The number of para-hydroxylation sites is 1. The van der Waals surface area contributed by atoms with Crippen LogP contribution in [-0.2, 0) is 4.74 Å². The summed E-state index contributed by atoms with van der Waals surface area (Å²) in [6.45, 7) is 1.89. The SMILES string of the molecule is CCCCCCOc1c(O)c2cccc(C(=O)OCCO)c2oc1=O. The summed E-state index contributed by atoms with van der Waals surface area (Å²) in [5, 5.41) is 19.2. The van der Waals surface area contributed by atoms with Crippen molar-refractivity contribution in [3.63, 3.8) is 0 Å². The molecule has 1 aromatic heterocycles. The summed E-state index contributed by atoms with van der Waals surface area (Å²) in [7, 11) is 0. The summed E-state index contributed by atoms with van der Waals surface area (Å²) < 4.78 is 15.4. The van der Waals surface area contributed by atoms with Crippen LogP contribution in [-0.4, -0.2) is 36.0 Å². The predicted molar refractivity (Wildman–Crippen MR) is 91.2 cm³/mol. The van der Waals surface area contributed by atoms with E-state index in [0.717, 1.165) is 25.7 Å². The van der Waals surface area contributed by atoms with Crippen molar-refractivity contribution < 1.29 is 28.9 Å². The van der Waals surface area contributed by atoms with Gasteiger partial charge in [-0.3, -0.25) is 0 Å². The third-order valence-corrected chi connectivity index (χ3v) is 3.65. The molecule has 136 valence electrons. The van der Waals surface area contributed by atoms with E-state index >= 15 is 0 Å². The Morgan fingerprint density at radius 2 is 2.00 bits per heavy atom. The lowest BCUT2D eigenvalue weighted by Gasteiger charge is -2.10. The van der Waals surface area contributed by atoms with Gasteiger partial charge in [-0.25, -0.2) is 9.59 Å². The molecule has 0 saturated carbocycles. The number of ether oxygens (including phenoxy) is 2. The van der Waals surface area contributed by atoms with Gasteiger partial charge in [-0.2, -0.15) is 0 Å². The molecular formula is C18H22O7. The molecule has 1 aromatic carbocycles. The molecule has 0 bridgehead atoms. The van der Waals surface area contributed by atoms with Crippen LogP contribution in [0.4, 0.5) is 0 Å². The molecule has 0 unspecified atom stereocenters. The van der Waals surface area contributed by atoms with Gasteiger partial charge in [0.25, 0.3) is 0 Å². The minimum Gasteiger partial charge on any atom is -0.504 e. The average Bonchev–Trinajstić information content (AvgIpc) is 2.61. The van der Waals surface area contributed by atoms with Crippen LogP contribution in [0.15, 0.2) is 27.4 Å². The minimum atomic E-state index is -0.858. The van der Waals surface area contributed by atoms with Crippen LogP contribution in [0.1, 0.15) is 43.0 Å². The van der Waals surface area contributed by atoms with Crippen LogP contribution in [0.3, 0.4) is 0 Å². The predicted octanol–water partition coefficient (Wildman–Crippen LogP) is 2.61. The van der Waals surface area contributed by atoms with Crippen molar-refractivity contribution in [2.75, 3.05) is 19.8 Å². The number of aliphatic hydroxyl groups is 1. The highest BCUT2D eigenvalue weighted by atomic mass is 16.5. The highest BCUT2D eigenvalue weighted by molar-refractivity contribution is 6.03. The van der Waals surface area contributed by atoms with E-state index in [1.54, 1.807) is 0 Å². The van der Waals surface area contributed by atoms with Gasteiger partial charge < -0.3 is 24.1 Å². The molecule has 0 spiro atoms. The fourth-order valence-electron chi connectivity index (χ4n) is 2.40. The first-order chi connectivity index (χ1) is 12.1. The van der Waals surface area contributed by atoms with Crippen molar-refractivity contribution in [1.29, 1.82) is 0 Å². The Hall–Kier alpha value is -2.54. The lowest BCUT2D eigenvalue weighted by molar-refractivity contribution is 0.0434. The molecule has 2 N–H and O–H groups in total. The van der Waals surface area contributed by atoms with E-state index in [9.17, 15) is 14.7 Å². The summed E-state index contributed by atoms with van der Waals surface area (Å²) in [5.74, 6) is -1.38. The van der Waals surface area contributed by atoms with Gasteiger partial charge in [0.05, 0.1) is 18.6 Å². The normalized spacial score (nSPS) is 10.8. The van der Waals surface area contributed by atoms with Crippen LogP contribution in [0, 0.1) is 0 Å². The van der Waals surface area contributed by atoms with E-state index in [2.05, 4.69) is 6.92 Å². The maximum absolute atomic E-state index is 12.1. The van der Waals surface area contributed by atoms with Crippen LogP contribution < -0.4 is 10.4 Å². The van der Waals surface area contributed by atoms with Crippen molar-refractivity contribution >= 4 is 16.9 Å². The molecule has 2 rings (SSSR count). The maximum atomic E-state index is 12.1. The number of rotatable bonds is 9. The molecule has 0 saturated heterocycles. The van der Waals surface area contributed by atoms with Gasteiger partial charge in [0.2, 0.25) is 5.75 Å². The maximum Gasteiger partial charge on any atom is 0.383 e. The molecule has 2 aromatic rings. The molecule has 0 fully saturated rings. The van der Waals surface area contributed by atoms with E-state index in [-0.39, 0.29) is 41.2 Å². The highest BCUT2D eigenvalue weighted by Crippen LogP contribution is 2.33. The van der Waals surface area contributed by atoms with E-state index in [0.29, 0.717) is 6.61 Å². The van der Waals surface area contributed by atoms with Gasteiger partial charge >= 0.3 is 11.6 Å². The third-order valence-electron chi connectivity index (χ3n) is 3.65. The highest BCUT2D eigenvalue weighted by Gasteiger charge is 2.20. The molecule has 0 aliphatic rings. The fraction of sp³-hybridized carbons (Fsp3) is 0.444. The van der Waals surface area contributed by atoms with Gasteiger partial charge in [-0.1, -0.05) is 32.3 Å². The monoisotopic (exact) mass is 350 g/mol. The van der Waals surface area contributed by atoms with Crippen molar-refractivity contribution in [1.82, 2.24) is 0 Å². The average molecular weight is 350 g/mol. The Morgan fingerprint density at radius 1 is 1.20 bits per heavy atom. The molecule has 0 amide bonds. The van der Waals surface area contributed by atoms with E-state index < -0.39 is 11.6 Å². The molecule has 7 nitrogen and oxygen atoms in total. The molecule has 0 aliphatic heterocycles. The Morgan fingerprint density at radius 3 is 2.72 bits per heavy atom. The largest absolute Gasteiger partial charge is 0.504 e. The van der Waals surface area contributed by atoms with E-state index in [1.165, 1.54) is 18.2 Å². The number of fused-ring (bicyclic) bond motifs is 1. The number of esters is 1. The Labute approximate surface area is 144 Å². The fourth-order valence-corrected chi connectivity index (χ4v) is 2.40. The standard InChI is InChI=1S/C18H22O7/c1-2-3-4-5-10-23-16-14(20)12-7-6-8-13(15(12)25-18(16)22)17(21)24-11-9-19/h6-8,19-20H,2-5,9-11H2,1H3. The first kappa shape index (κ1) is 18.8. The zero-order valence-corrected chi connectivity index (χ0v) is 14.1. The van der Waals surface area contributed by atoms with Gasteiger partial charge in [-0.05, 0) is 18.6 Å². The molecule has 25 heavy (non-hydrogen) atoms. The second-order valence-electron chi connectivity index (χ2n) is 5.52. The molecule has 1 heterocycles. The summed E-state index contributed by atoms with van der Waals surface area (Å²) in [5.41, 5.74) is -0.943. The van der Waals surface area contributed by atoms with Crippen LogP contribution >= 0.6 is 0 Å². The van der Waals surface area contributed by atoms with Crippen LogP contribution in [0.5, 0.6) is 11.5 Å². The number of aliphatic hydroxyl groups excluding tert-OH is 1. The second kappa shape index (κ2) is 9.08. The summed E-state index contributed by atoms with van der Waals surface area (Å²) >= 11 is 0. The lowest BCUT2D eigenvalue weighted by Crippen LogP contribution is -2.12. The van der Waals surface area contributed by atoms with E-state index in [1.807, 2.05) is 0 Å². The summed E-state index contributed by atoms with van der Waals surface area (Å²) in [6.07, 6.45) is 3.88. The molecule has 0 radical (unpaired) electrons. The number of carbonyl (C=O) groups excluding carboxylic acids is 1. The van der Waals surface area contributed by atoms with Gasteiger partial charge in [0.1, 0.15) is 12.2 Å². The molecule has 0 aliphatic carbocycles. The zero-order chi connectivity index (χ0) is 18.2. The lowest BCUT2D eigenvalue weighted by atomic mass is 10.1. The van der Waals surface area contributed by atoms with Crippen molar-refractivity contribution in [3.8, 4) is 11.5 Å². The molecular weight excluding hydrogens is 328 g/mol. The third kappa shape index (κ3) is 4.51. The minimum absolute atomic E-state index is 0.00662. The second-order valence-corrected chi connectivity index (χ2v) is 5.52. The smallest absolute Gasteiger partial charge is 0.383 e. The number of unbranched alkanes of at least 4 members (excludes halogenated alkanes) is 3. The van der Waals surface area contributed by atoms with E-state index in [4.69, 9.17) is 19.0 Å². The number of carbonyl (C=O) groups is 1. The topological polar surface area (TPSA) is 106 Å². The van der Waals surface area contributed by atoms with Crippen molar-refractivity contribution in [2.45, 2.75) is 32.6 Å². The molecule has 7 heteroatoms. The number of hydrogen-bond acceptors (Lipinski definition) is 7. The number of aromatic hydroxyl groups is 1. The first-order valence-electron chi connectivity index (χ1n) is 8.29. The van der Waals surface area contributed by atoms with Crippen LogP contribution in [0.25, 0.3) is 11.0 Å². The van der Waals surface area contributed by atoms with Crippen molar-refractivity contribution in [2.24, 2.45) is 0 Å². The number of benzene rings is 1. The number of hydrogen-bond donors (Lipinski definition) is 2. The Kier molecular flexibility index (Phi) is 6.82. The molecule has 0 atom stereocenters. The summed E-state index contributed by atoms with van der Waals surface area (Å²) in [4.78, 5) is 24.1. The Bertz CT molecular complexity index is 779. The zero-order valence-electron chi connectivity index (χ0n) is 14.1.